The normalized spacial score (nSPS) is 10.8. The second kappa shape index (κ2) is 4.87. The molecule has 0 aliphatic heterocycles. The van der Waals surface area contributed by atoms with Gasteiger partial charge >= 0.3 is 0 Å². The highest BCUT2D eigenvalue weighted by Gasteiger charge is 2.01. The molecule has 1 heterocycles. The number of aliphatic hydroxyl groups is 1. The lowest BCUT2D eigenvalue weighted by Gasteiger charge is -2.03. The summed E-state index contributed by atoms with van der Waals surface area (Å²) < 4.78 is 7.18. The Morgan fingerprint density at radius 2 is 2.38 bits per heavy atom. The maximum absolute atomic E-state index is 8.54. The molecule has 1 N–H and O–H groups in total. The van der Waals surface area contributed by atoms with E-state index in [2.05, 4.69) is 18.9 Å². The second-order valence-electron chi connectivity index (χ2n) is 3.18. The van der Waals surface area contributed by atoms with Gasteiger partial charge in [0.2, 0.25) is 0 Å². The van der Waals surface area contributed by atoms with Crippen LogP contribution in [0, 0.1) is 0 Å². The average Bonchev–Trinajstić information content (AvgIpc) is 2.53. The summed E-state index contributed by atoms with van der Waals surface area (Å²) in [7, 11) is 0. The summed E-state index contributed by atoms with van der Waals surface area (Å²) in [6.45, 7) is 4.83. The number of aromatic nitrogens is 2. The Kier molecular flexibility index (Phi) is 3.76. The molecule has 0 aliphatic carbocycles. The minimum absolute atomic E-state index is 0.165. The smallest absolute Gasteiger partial charge is 0.157 e. The third kappa shape index (κ3) is 3.06. The first-order valence-corrected chi connectivity index (χ1v) is 4.52. The van der Waals surface area contributed by atoms with Gasteiger partial charge in [0.15, 0.2) is 5.75 Å². The van der Waals surface area contributed by atoms with Crippen LogP contribution in [0.25, 0.3) is 0 Å². The molecular formula is C9H16N2O2. The highest BCUT2D eigenvalue weighted by atomic mass is 16.5. The molecule has 0 atom stereocenters. The Balaban J connectivity index is 2.40. The van der Waals surface area contributed by atoms with Crippen molar-refractivity contribution >= 4 is 0 Å². The summed E-state index contributed by atoms with van der Waals surface area (Å²) in [6, 6.07) is 0.357. The van der Waals surface area contributed by atoms with Crippen LogP contribution in [-0.2, 0) is 0 Å². The molecule has 1 aromatic heterocycles. The van der Waals surface area contributed by atoms with Crippen molar-refractivity contribution in [2.45, 2.75) is 26.3 Å². The van der Waals surface area contributed by atoms with E-state index in [0.717, 1.165) is 5.75 Å². The van der Waals surface area contributed by atoms with E-state index in [1.54, 1.807) is 6.20 Å². The quantitative estimate of drug-likeness (QED) is 0.700. The summed E-state index contributed by atoms with van der Waals surface area (Å²) in [6.07, 6.45) is 4.21. The molecule has 0 spiro atoms. The lowest BCUT2D eigenvalue weighted by Crippen LogP contribution is -2.01. The average molecular weight is 184 g/mol. The van der Waals surface area contributed by atoms with Gasteiger partial charge in [-0.2, -0.15) is 5.10 Å². The van der Waals surface area contributed by atoms with Crippen LogP contribution < -0.4 is 4.74 Å². The molecule has 0 radical (unpaired) electrons. The molecule has 0 unspecified atom stereocenters. The molecule has 13 heavy (non-hydrogen) atoms. The molecule has 0 fully saturated rings. The Morgan fingerprint density at radius 1 is 1.62 bits per heavy atom. The molecule has 0 saturated heterocycles. The van der Waals surface area contributed by atoms with Gasteiger partial charge in [0, 0.05) is 19.1 Å². The summed E-state index contributed by atoms with van der Waals surface area (Å²) >= 11 is 0. The van der Waals surface area contributed by atoms with Gasteiger partial charge in [-0.1, -0.05) is 0 Å². The standard InChI is InChI=1S/C9H16N2O2/c1-8(2)11-7-9(6-10-11)13-5-3-4-12/h6-8,12H,3-5H2,1-2H3. The fourth-order valence-electron chi connectivity index (χ4n) is 0.932. The van der Waals surface area contributed by atoms with Gasteiger partial charge in [0.25, 0.3) is 0 Å². The topological polar surface area (TPSA) is 47.3 Å². The molecule has 0 aromatic carbocycles. The van der Waals surface area contributed by atoms with Crippen LogP contribution in [0.15, 0.2) is 12.4 Å². The first-order chi connectivity index (χ1) is 6.24. The van der Waals surface area contributed by atoms with Crippen molar-refractivity contribution in [2.75, 3.05) is 13.2 Å². The Morgan fingerprint density at radius 3 is 2.92 bits per heavy atom. The molecular weight excluding hydrogens is 168 g/mol. The van der Waals surface area contributed by atoms with Crippen LogP contribution in [0.2, 0.25) is 0 Å². The van der Waals surface area contributed by atoms with Crippen molar-refractivity contribution < 1.29 is 9.84 Å². The van der Waals surface area contributed by atoms with Crippen LogP contribution in [0.1, 0.15) is 26.3 Å². The van der Waals surface area contributed by atoms with Gasteiger partial charge in [0.05, 0.1) is 19.0 Å². The van der Waals surface area contributed by atoms with Gasteiger partial charge in [0.1, 0.15) is 0 Å². The van der Waals surface area contributed by atoms with Crippen LogP contribution in [0.5, 0.6) is 5.75 Å². The molecule has 0 saturated carbocycles. The lowest BCUT2D eigenvalue weighted by atomic mass is 10.4. The van der Waals surface area contributed by atoms with Crippen molar-refractivity contribution in [2.24, 2.45) is 0 Å². The van der Waals surface area contributed by atoms with E-state index >= 15 is 0 Å². The monoisotopic (exact) mass is 184 g/mol. The zero-order valence-corrected chi connectivity index (χ0v) is 8.10. The lowest BCUT2D eigenvalue weighted by molar-refractivity contribution is 0.233. The maximum Gasteiger partial charge on any atom is 0.157 e. The predicted molar refractivity (Wildman–Crippen MR) is 49.8 cm³/mol. The summed E-state index contributed by atoms with van der Waals surface area (Å²) in [5.74, 6) is 0.766. The van der Waals surface area contributed by atoms with Crippen molar-refractivity contribution in [3.05, 3.63) is 12.4 Å². The van der Waals surface area contributed by atoms with Crippen molar-refractivity contribution in [1.29, 1.82) is 0 Å². The number of ether oxygens (including phenoxy) is 1. The van der Waals surface area contributed by atoms with Crippen molar-refractivity contribution in [3.8, 4) is 5.75 Å². The Bertz CT molecular complexity index is 246. The second-order valence-corrected chi connectivity index (χ2v) is 3.18. The number of nitrogens with zero attached hydrogens (tertiary/aromatic N) is 2. The zero-order valence-electron chi connectivity index (χ0n) is 8.10. The van der Waals surface area contributed by atoms with Crippen LogP contribution in [0.4, 0.5) is 0 Å². The SMILES string of the molecule is CC(C)n1cc(OCCCO)cn1. The van der Waals surface area contributed by atoms with E-state index in [1.807, 2.05) is 10.9 Å². The Labute approximate surface area is 78.1 Å². The number of hydrogen-bond donors (Lipinski definition) is 1. The van der Waals surface area contributed by atoms with E-state index in [0.29, 0.717) is 19.1 Å². The van der Waals surface area contributed by atoms with Gasteiger partial charge in [-0.25, -0.2) is 0 Å². The predicted octanol–water partition coefficient (Wildman–Crippen LogP) is 1.23. The molecule has 4 nitrogen and oxygen atoms in total. The number of aliphatic hydroxyl groups excluding tert-OH is 1. The van der Waals surface area contributed by atoms with Crippen LogP contribution in [-0.4, -0.2) is 28.1 Å². The maximum atomic E-state index is 8.54. The van der Waals surface area contributed by atoms with E-state index in [1.165, 1.54) is 0 Å². The van der Waals surface area contributed by atoms with Crippen molar-refractivity contribution in [1.82, 2.24) is 9.78 Å². The van der Waals surface area contributed by atoms with Gasteiger partial charge in [-0.15, -0.1) is 0 Å². The first kappa shape index (κ1) is 10.1. The largest absolute Gasteiger partial charge is 0.490 e. The highest BCUT2D eigenvalue weighted by Crippen LogP contribution is 2.12. The highest BCUT2D eigenvalue weighted by molar-refractivity contribution is 5.11. The minimum Gasteiger partial charge on any atom is -0.490 e. The molecule has 1 aromatic rings. The van der Waals surface area contributed by atoms with Crippen LogP contribution >= 0.6 is 0 Å². The van der Waals surface area contributed by atoms with Crippen molar-refractivity contribution in [3.63, 3.8) is 0 Å². The zero-order chi connectivity index (χ0) is 9.68. The van der Waals surface area contributed by atoms with E-state index < -0.39 is 0 Å². The first-order valence-electron chi connectivity index (χ1n) is 4.52. The molecule has 0 bridgehead atoms. The van der Waals surface area contributed by atoms with Gasteiger partial charge < -0.3 is 9.84 Å². The third-order valence-electron chi connectivity index (χ3n) is 1.68. The van der Waals surface area contributed by atoms with E-state index in [9.17, 15) is 0 Å². The van der Waals surface area contributed by atoms with E-state index in [-0.39, 0.29) is 6.61 Å². The molecule has 0 amide bonds. The molecule has 0 aliphatic rings. The minimum atomic E-state index is 0.165. The molecule has 1 rings (SSSR count). The van der Waals surface area contributed by atoms with Crippen LogP contribution in [0.3, 0.4) is 0 Å². The van der Waals surface area contributed by atoms with Gasteiger partial charge in [-0.05, 0) is 13.8 Å². The van der Waals surface area contributed by atoms with E-state index in [4.69, 9.17) is 9.84 Å². The number of rotatable bonds is 5. The van der Waals surface area contributed by atoms with Gasteiger partial charge in [-0.3, -0.25) is 4.68 Å². The molecule has 4 heteroatoms. The third-order valence-corrected chi connectivity index (χ3v) is 1.68. The summed E-state index contributed by atoms with van der Waals surface area (Å²) in [5, 5.41) is 12.7. The number of hydrogen-bond acceptors (Lipinski definition) is 3. The fraction of sp³-hybridized carbons (Fsp3) is 0.667. The Hall–Kier alpha value is -1.03. The fourth-order valence-corrected chi connectivity index (χ4v) is 0.932. The summed E-state index contributed by atoms with van der Waals surface area (Å²) in [4.78, 5) is 0. The molecule has 74 valence electrons. The summed E-state index contributed by atoms with van der Waals surface area (Å²) in [5.41, 5.74) is 0.